The van der Waals surface area contributed by atoms with E-state index in [0.29, 0.717) is 17.4 Å². The molecule has 0 bridgehead atoms. The summed E-state index contributed by atoms with van der Waals surface area (Å²) < 4.78 is 33.6. The second-order valence-corrected chi connectivity index (χ2v) is 8.89. The van der Waals surface area contributed by atoms with Crippen LogP contribution in [-0.4, -0.2) is 28.5 Å². The van der Waals surface area contributed by atoms with Crippen molar-refractivity contribution in [3.05, 3.63) is 80.5 Å². The van der Waals surface area contributed by atoms with E-state index < -0.39 is 35.2 Å². The van der Waals surface area contributed by atoms with Gasteiger partial charge in [-0.3, -0.25) is 19.3 Å². The quantitative estimate of drug-likeness (QED) is 0.326. The Hall–Kier alpha value is -2.99. The summed E-state index contributed by atoms with van der Waals surface area (Å²) in [6.07, 6.45) is 1.34. The Balaban J connectivity index is 1.46. The third kappa shape index (κ3) is 4.91. The van der Waals surface area contributed by atoms with E-state index in [1.165, 1.54) is 24.3 Å². The number of imide groups is 1. The van der Waals surface area contributed by atoms with Crippen molar-refractivity contribution < 1.29 is 27.6 Å². The number of hydrogen-bond acceptors (Lipinski definition) is 5. The van der Waals surface area contributed by atoms with Gasteiger partial charge in [-0.05, 0) is 82.9 Å². The molecule has 0 atom stereocenters. The van der Waals surface area contributed by atoms with Crippen molar-refractivity contribution in [3.63, 3.8) is 0 Å². The van der Waals surface area contributed by atoms with Crippen LogP contribution in [0.1, 0.15) is 5.76 Å². The molecule has 4 rings (SSSR count). The zero-order chi connectivity index (χ0) is 22.8. The van der Waals surface area contributed by atoms with Gasteiger partial charge in [-0.15, -0.1) is 0 Å². The lowest BCUT2D eigenvalue weighted by atomic mass is 10.1. The summed E-state index contributed by atoms with van der Waals surface area (Å²) in [6, 6.07) is 13.1. The summed E-state index contributed by atoms with van der Waals surface area (Å²) in [5.41, 5.74) is 0.612. The molecule has 32 heavy (non-hydrogen) atoms. The largest absolute Gasteiger partial charge is 0.457 e. The summed E-state index contributed by atoms with van der Waals surface area (Å²) in [6.45, 7) is -0.432. The number of rotatable bonds is 5. The lowest BCUT2D eigenvalue weighted by molar-refractivity contribution is -0.127. The van der Waals surface area contributed by atoms with Crippen LogP contribution in [0.2, 0.25) is 0 Å². The Morgan fingerprint density at radius 1 is 1.09 bits per heavy atom. The van der Waals surface area contributed by atoms with Crippen molar-refractivity contribution >= 4 is 63.2 Å². The number of hydrogen-bond donors (Lipinski definition) is 1. The molecule has 1 aliphatic rings. The minimum atomic E-state index is -0.787. The molecule has 2 heterocycles. The first-order valence-electron chi connectivity index (χ1n) is 9.16. The van der Waals surface area contributed by atoms with Gasteiger partial charge in [0.2, 0.25) is 5.91 Å². The minimum Gasteiger partial charge on any atom is -0.457 e. The minimum absolute atomic E-state index is 0.0615. The van der Waals surface area contributed by atoms with Crippen LogP contribution in [0.25, 0.3) is 17.4 Å². The zero-order valence-electron chi connectivity index (χ0n) is 16.1. The first-order chi connectivity index (χ1) is 15.3. The number of thioether (sulfide) groups is 1. The van der Waals surface area contributed by atoms with Gasteiger partial charge in [-0.1, -0.05) is 0 Å². The molecule has 1 aromatic heterocycles. The molecule has 6 nitrogen and oxygen atoms in total. The molecule has 0 unspecified atom stereocenters. The third-order valence-corrected chi connectivity index (χ3v) is 6.03. The van der Waals surface area contributed by atoms with Gasteiger partial charge >= 0.3 is 0 Å². The topological polar surface area (TPSA) is 79.6 Å². The second-order valence-electron chi connectivity index (χ2n) is 6.65. The first-order valence-corrected chi connectivity index (χ1v) is 11.1. The van der Waals surface area contributed by atoms with Crippen LogP contribution in [0, 0.1) is 15.2 Å². The molecule has 0 radical (unpaired) electrons. The van der Waals surface area contributed by atoms with Crippen LogP contribution >= 0.6 is 34.4 Å². The molecule has 3 amide bonds. The fraction of sp³-hybridized carbons (Fsp3) is 0.0455. The van der Waals surface area contributed by atoms with Gasteiger partial charge in [0.1, 0.15) is 29.7 Å². The van der Waals surface area contributed by atoms with Gasteiger partial charge < -0.3 is 9.73 Å². The maximum atomic E-state index is 13.9. The van der Waals surface area contributed by atoms with Gasteiger partial charge in [-0.25, -0.2) is 8.78 Å². The number of benzene rings is 2. The number of carbonyl (C=O) groups is 3. The van der Waals surface area contributed by atoms with Crippen LogP contribution in [-0.2, 0) is 9.59 Å². The summed E-state index contributed by atoms with van der Waals surface area (Å²) in [4.78, 5) is 38.0. The molecular weight excluding hydrogens is 553 g/mol. The van der Waals surface area contributed by atoms with E-state index in [1.54, 1.807) is 12.1 Å². The van der Waals surface area contributed by atoms with Crippen LogP contribution in [0.4, 0.5) is 19.3 Å². The van der Waals surface area contributed by atoms with Crippen molar-refractivity contribution in [1.29, 1.82) is 0 Å². The van der Waals surface area contributed by atoms with E-state index in [2.05, 4.69) is 27.9 Å². The molecule has 3 aromatic rings. The Morgan fingerprint density at radius 2 is 1.84 bits per heavy atom. The molecule has 1 fully saturated rings. The lowest BCUT2D eigenvalue weighted by Crippen LogP contribution is -2.36. The van der Waals surface area contributed by atoms with Gasteiger partial charge in [0.15, 0.2) is 0 Å². The summed E-state index contributed by atoms with van der Waals surface area (Å²) in [5, 5.41) is 2.05. The predicted octanol–water partition coefficient (Wildman–Crippen LogP) is 5.50. The number of anilines is 1. The van der Waals surface area contributed by atoms with Crippen molar-refractivity contribution in [2.75, 3.05) is 11.9 Å². The molecule has 1 saturated heterocycles. The molecule has 1 N–H and O–H groups in total. The maximum absolute atomic E-state index is 13.9. The van der Waals surface area contributed by atoms with Crippen LogP contribution in [0.15, 0.2) is 63.9 Å². The Kier molecular flexibility index (Phi) is 6.42. The van der Waals surface area contributed by atoms with E-state index >= 15 is 0 Å². The van der Waals surface area contributed by atoms with Gasteiger partial charge in [0.25, 0.3) is 11.1 Å². The normalized spacial score (nSPS) is 15.0. The van der Waals surface area contributed by atoms with E-state index in [-0.39, 0.29) is 22.0 Å². The SMILES string of the molecule is O=C(CN1C(=O)S/C(=C/c2ccc(-c3ccc(F)cc3F)o2)C1=O)Nc1ccc(I)cc1. The van der Waals surface area contributed by atoms with Gasteiger partial charge in [-0.2, -0.15) is 0 Å². The number of halogens is 3. The van der Waals surface area contributed by atoms with Crippen molar-refractivity contribution in [1.82, 2.24) is 4.90 Å². The molecule has 0 aliphatic carbocycles. The standard InChI is InChI=1S/C22H13F2IN2O4S/c23-12-1-7-16(17(24)9-12)18-8-6-15(31-18)10-19-21(29)27(22(30)32-19)11-20(28)26-14-4-2-13(25)3-5-14/h1-10H,11H2,(H,26,28)/b19-10+. The Morgan fingerprint density at radius 3 is 2.56 bits per heavy atom. The molecule has 1 aliphatic heterocycles. The Labute approximate surface area is 198 Å². The number of carbonyl (C=O) groups excluding carboxylic acids is 3. The lowest BCUT2D eigenvalue weighted by Gasteiger charge is -2.12. The summed E-state index contributed by atoms with van der Waals surface area (Å²) >= 11 is 2.80. The van der Waals surface area contributed by atoms with Gasteiger partial charge in [0.05, 0.1) is 10.5 Å². The average molecular weight is 566 g/mol. The Bertz CT molecular complexity index is 1260. The zero-order valence-corrected chi connectivity index (χ0v) is 19.1. The van der Waals surface area contributed by atoms with Crippen molar-refractivity contribution in [3.8, 4) is 11.3 Å². The molecule has 0 saturated carbocycles. The van der Waals surface area contributed by atoms with Crippen molar-refractivity contribution in [2.45, 2.75) is 0 Å². The fourth-order valence-electron chi connectivity index (χ4n) is 2.91. The van der Waals surface area contributed by atoms with Crippen molar-refractivity contribution in [2.24, 2.45) is 0 Å². The van der Waals surface area contributed by atoms with E-state index in [9.17, 15) is 23.2 Å². The number of furan rings is 1. The van der Waals surface area contributed by atoms with Crippen LogP contribution in [0.5, 0.6) is 0 Å². The smallest absolute Gasteiger partial charge is 0.294 e. The molecule has 10 heteroatoms. The van der Waals surface area contributed by atoms with Crippen LogP contribution < -0.4 is 5.32 Å². The van der Waals surface area contributed by atoms with Gasteiger partial charge in [0, 0.05) is 21.4 Å². The highest BCUT2D eigenvalue weighted by Gasteiger charge is 2.36. The fourth-order valence-corrected chi connectivity index (χ4v) is 4.09. The number of nitrogens with one attached hydrogen (secondary N) is 1. The third-order valence-electron chi connectivity index (χ3n) is 4.40. The van der Waals surface area contributed by atoms with Crippen LogP contribution in [0.3, 0.4) is 0 Å². The summed E-state index contributed by atoms with van der Waals surface area (Å²) in [7, 11) is 0. The summed E-state index contributed by atoms with van der Waals surface area (Å²) in [5.74, 6) is -2.30. The highest BCUT2D eigenvalue weighted by molar-refractivity contribution is 14.1. The molecule has 162 valence electrons. The molecular formula is C22H13F2IN2O4S. The monoisotopic (exact) mass is 566 g/mol. The second kappa shape index (κ2) is 9.25. The molecule has 0 spiro atoms. The van der Waals surface area contributed by atoms with E-state index in [4.69, 9.17) is 4.42 Å². The number of amides is 3. The highest BCUT2D eigenvalue weighted by atomic mass is 127. The van der Waals surface area contributed by atoms with E-state index in [0.717, 1.165) is 20.6 Å². The molecule has 2 aromatic carbocycles. The first kappa shape index (κ1) is 22.2. The predicted molar refractivity (Wildman–Crippen MR) is 125 cm³/mol. The van der Waals surface area contributed by atoms with E-state index in [1.807, 2.05) is 12.1 Å². The highest BCUT2D eigenvalue weighted by Crippen LogP contribution is 2.33. The number of nitrogens with zero attached hydrogens (tertiary/aromatic N) is 1. The maximum Gasteiger partial charge on any atom is 0.294 e. The average Bonchev–Trinajstić information content (AvgIpc) is 3.30.